The Labute approximate surface area is 185 Å². The first-order valence-corrected chi connectivity index (χ1v) is 10.3. The number of nitrogens with zero attached hydrogens (tertiary/aromatic N) is 3. The SMILES string of the molecule is CC(C)[C@H]1CC1(Nc1ncc(C(N)=O)c(Nc2cccc(-c3ccncc3)c2)n1)C(N)=O. The summed E-state index contributed by atoms with van der Waals surface area (Å²) in [6.07, 6.45) is 5.39. The molecule has 6 N–H and O–H groups in total. The Morgan fingerprint density at radius 2 is 1.88 bits per heavy atom. The number of carbonyl (C=O) groups excluding carboxylic acids is 2. The third-order valence-corrected chi connectivity index (χ3v) is 5.79. The van der Waals surface area contributed by atoms with Crippen molar-refractivity contribution < 1.29 is 9.59 Å². The molecule has 9 nitrogen and oxygen atoms in total. The van der Waals surface area contributed by atoms with Crippen LogP contribution in [0.4, 0.5) is 17.5 Å². The summed E-state index contributed by atoms with van der Waals surface area (Å²) in [6.45, 7) is 4.08. The number of carbonyl (C=O) groups is 2. The quantitative estimate of drug-likeness (QED) is 0.428. The summed E-state index contributed by atoms with van der Waals surface area (Å²) in [4.78, 5) is 36.8. The third kappa shape index (κ3) is 4.09. The normalized spacial score (nSPS) is 19.4. The minimum atomic E-state index is -0.888. The summed E-state index contributed by atoms with van der Waals surface area (Å²) < 4.78 is 0. The van der Waals surface area contributed by atoms with Gasteiger partial charge in [0, 0.05) is 24.3 Å². The van der Waals surface area contributed by atoms with Crippen molar-refractivity contribution in [1.29, 1.82) is 0 Å². The molecule has 9 heteroatoms. The Bertz CT molecular complexity index is 1170. The Morgan fingerprint density at radius 1 is 1.12 bits per heavy atom. The minimum absolute atomic E-state index is 0.0906. The maximum absolute atomic E-state index is 12.1. The molecule has 4 rings (SSSR count). The zero-order chi connectivity index (χ0) is 22.9. The number of benzene rings is 1. The van der Waals surface area contributed by atoms with Crippen molar-refractivity contribution in [3.05, 3.63) is 60.6 Å². The van der Waals surface area contributed by atoms with E-state index in [0.29, 0.717) is 12.1 Å². The van der Waals surface area contributed by atoms with E-state index in [2.05, 4.69) is 25.6 Å². The molecule has 1 aromatic carbocycles. The molecular formula is C23H25N7O2. The fraction of sp³-hybridized carbons (Fsp3) is 0.261. The molecule has 0 radical (unpaired) electrons. The smallest absolute Gasteiger partial charge is 0.254 e. The van der Waals surface area contributed by atoms with E-state index in [4.69, 9.17) is 11.5 Å². The van der Waals surface area contributed by atoms with Crippen molar-refractivity contribution in [3.8, 4) is 11.1 Å². The zero-order valence-corrected chi connectivity index (χ0v) is 17.9. The van der Waals surface area contributed by atoms with E-state index < -0.39 is 17.4 Å². The van der Waals surface area contributed by atoms with Crippen LogP contribution in [0.1, 0.15) is 30.6 Å². The largest absolute Gasteiger partial charge is 0.368 e. The van der Waals surface area contributed by atoms with E-state index in [0.717, 1.165) is 11.1 Å². The number of hydrogen-bond donors (Lipinski definition) is 4. The van der Waals surface area contributed by atoms with Gasteiger partial charge in [-0.15, -0.1) is 0 Å². The lowest BCUT2D eigenvalue weighted by atomic mass is 10.0. The molecule has 0 bridgehead atoms. The summed E-state index contributed by atoms with van der Waals surface area (Å²) in [5.41, 5.74) is 13.1. The zero-order valence-electron chi connectivity index (χ0n) is 17.9. The molecular weight excluding hydrogens is 406 g/mol. The van der Waals surface area contributed by atoms with Crippen LogP contribution in [0, 0.1) is 11.8 Å². The molecule has 1 fully saturated rings. The van der Waals surface area contributed by atoms with Crippen molar-refractivity contribution in [3.63, 3.8) is 0 Å². The summed E-state index contributed by atoms with van der Waals surface area (Å²) in [5.74, 6) is -0.312. The monoisotopic (exact) mass is 431 g/mol. The predicted molar refractivity (Wildman–Crippen MR) is 122 cm³/mol. The first-order valence-electron chi connectivity index (χ1n) is 10.3. The van der Waals surface area contributed by atoms with Gasteiger partial charge in [-0.2, -0.15) is 4.98 Å². The molecule has 164 valence electrons. The molecule has 1 aliphatic rings. The highest BCUT2D eigenvalue weighted by molar-refractivity contribution is 5.98. The number of hydrogen-bond acceptors (Lipinski definition) is 7. The molecule has 2 atom stereocenters. The maximum atomic E-state index is 12.1. The number of aromatic nitrogens is 3. The maximum Gasteiger partial charge on any atom is 0.254 e. The highest BCUT2D eigenvalue weighted by atomic mass is 16.2. The summed E-state index contributed by atoms with van der Waals surface area (Å²) >= 11 is 0. The molecule has 1 unspecified atom stereocenters. The van der Waals surface area contributed by atoms with Gasteiger partial charge < -0.3 is 22.1 Å². The summed E-state index contributed by atoms with van der Waals surface area (Å²) in [5, 5.41) is 6.24. The highest BCUT2D eigenvalue weighted by Crippen LogP contribution is 2.50. The molecule has 2 amide bonds. The van der Waals surface area contributed by atoms with Gasteiger partial charge in [0.05, 0.1) is 0 Å². The van der Waals surface area contributed by atoms with Crippen LogP contribution < -0.4 is 22.1 Å². The van der Waals surface area contributed by atoms with E-state index in [9.17, 15) is 9.59 Å². The Hall–Kier alpha value is -4.01. The number of primary amides is 2. The average molecular weight is 432 g/mol. The number of nitrogens with one attached hydrogen (secondary N) is 2. The highest BCUT2D eigenvalue weighted by Gasteiger charge is 2.60. The Morgan fingerprint density at radius 3 is 2.50 bits per heavy atom. The second-order valence-electron chi connectivity index (χ2n) is 8.28. The molecule has 0 aliphatic heterocycles. The number of nitrogens with two attached hydrogens (primary N) is 2. The van der Waals surface area contributed by atoms with E-state index in [1.54, 1.807) is 12.4 Å². The Kier molecular flexibility index (Phi) is 5.48. The van der Waals surface area contributed by atoms with Gasteiger partial charge in [0.25, 0.3) is 5.91 Å². The molecule has 0 spiro atoms. The van der Waals surface area contributed by atoms with Crippen LogP contribution in [0.2, 0.25) is 0 Å². The van der Waals surface area contributed by atoms with Gasteiger partial charge in [-0.3, -0.25) is 14.6 Å². The fourth-order valence-corrected chi connectivity index (χ4v) is 3.96. The van der Waals surface area contributed by atoms with E-state index in [-0.39, 0.29) is 29.2 Å². The van der Waals surface area contributed by atoms with Crippen molar-refractivity contribution in [1.82, 2.24) is 15.0 Å². The topological polar surface area (TPSA) is 149 Å². The van der Waals surface area contributed by atoms with Gasteiger partial charge in [0.2, 0.25) is 11.9 Å². The summed E-state index contributed by atoms with van der Waals surface area (Å²) in [7, 11) is 0. The van der Waals surface area contributed by atoms with Crippen molar-refractivity contribution in [2.24, 2.45) is 23.3 Å². The van der Waals surface area contributed by atoms with E-state index >= 15 is 0 Å². The fourth-order valence-electron chi connectivity index (χ4n) is 3.96. The van der Waals surface area contributed by atoms with Crippen LogP contribution in [0.15, 0.2) is 55.0 Å². The van der Waals surface area contributed by atoms with Crippen LogP contribution in [0.25, 0.3) is 11.1 Å². The van der Waals surface area contributed by atoms with Crippen molar-refractivity contribution in [2.75, 3.05) is 10.6 Å². The number of amides is 2. The van der Waals surface area contributed by atoms with Crippen LogP contribution in [-0.4, -0.2) is 32.3 Å². The van der Waals surface area contributed by atoms with Gasteiger partial charge in [-0.1, -0.05) is 26.0 Å². The molecule has 1 saturated carbocycles. The Balaban J connectivity index is 1.64. The second kappa shape index (κ2) is 8.26. The molecule has 2 aromatic heterocycles. The van der Waals surface area contributed by atoms with Gasteiger partial charge in [0.15, 0.2) is 0 Å². The predicted octanol–water partition coefficient (Wildman–Crippen LogP) is 2.69. The van der Waals surface area contributed by atoms with E-state index in [1.807, 2.05) is 50.2 Å². The number of rotatable bonds is 8. The lowest BCUT2D eigenvalue weighted by Gasteiger charge is -2.18. The van der Waals surface area contributed by atoms with Crippen molar-refractivity contribution in [2.45, 2.75) is 25.8 Å². The molecule has 32 heavy (non-hydrogen) atoms. The summed E-state index contributed by atoms with van der Waals surface area (Å²) in [6, 6.07) is 11.5. The molecule has 2 heterocycles. The van der Waals surface area contributed by atoms with Gasteiger partial charge in [-0.05, 0) is 53.6 Å². The van der Waals surface area contributed by atoms with Crippen LogP contribution in [0.3, 0.4) is 0 Å². The van der Waals surface area contributed by atoms with Gasteiger partial charge in [0.1, 0.15) is 16.9 Å². The standard InChI is InChI=1S/C23H25N7O2/c1-13(2)18-11-23(18,21(25)32)30-22-27-12-17(19(24)31)20(29-22)28-16-5-3-4-15(10-16)14-6-8-26-9-7-14/h3-10,12-13,18H,11H2,1-2H3,(H2,24,31)(H2,25,32)(H2,27,28,29,30)/t18-,23?/m1/s1. The van der Waals surface area contributed by atoms with Crippen LogP contribution in [-0.2, 0) is 4.79 Å². The first-order chi connectivity index (χ1) is 15.3. The minimum Gasteiger partial charge on any atom is -0.368 e. The third-order valence-electron chi connectivity index (χ3n) is 5.79. The van der Waals surface area contributed by atoms with E-state index in [1.165, 1.54) is 6.20 Å². The lowest BCUT2D eigenvalue weighted by Crippen LogP contribution is -2.41. The molecule has 1 aliphatic carbocycles. The molecule has 0 saturated heterocycles. The number of pyridine rings is 1. The van der Waals surface area contributed by atoms with Crippen molar-refractivity contribution >= 4 is 29.3 Å². The van der Waals surface area contributed by atoms with Gasteiger partial charge in [-0.25, -0.2) is 4.98 Å². The van der Waals surface area contributed by atoms with Gasteiger partial charge >= 0.3 is 0 Å². The first kappa shape index (κ1) is 21.2. The molecule has 3 aromatic rings. The second-order valence-corrected chi connectivity index (χ2v) is 8.28. The number of anilines is 3. The lowest BCUT2D eigenvalue weighted by molar-refractivity contribution is -0.120. The average Bonchev–Trinajstić information content (AvgIpc) is 3.51. The van der Waals surface area contributed by atoms with Crippen LogP contribution in [0.5, 0.6) is 0 Å². The van der Waals surface area contributed by atoms with Crippen LogP contribution >= 0.6 is 0 Å².